The number of carbonyl (C=O) groups excluding carboxylic acids is 1. The number of carbonyl (C=O) groups is 1. The number of hydrogen-bond acceptors (Lipinski definition) is 8. The third-order valence-corrected chi connectivity index (χ3v) is 16.3. The van der Waals surface area contributed by atoms with Gasteiger partial charge in [-0.2, -0.15) is 0 Å². The van der Waals surface area contributed by atoms with Crippen LogP contribution in [0.2, 0.25) is 0 Å². The number of aromatic hydroxyl groups is 1. The Hall–Kier alpha value is -0.318. The van der Waals surface area contributed by atoms with Gasteiger partial charge in [0.2, 0.25) is 0 Å². The van der Waals surface area contributed by atoms with Crippen molar-refractivity contribution < 1.29 is 38.0 Å². The lowest BCUT2D eigenvalue weighted by Gasteiger charge is -2.53. The topological polar surface area (TPSA) is 95.9 Å². The van der Waals surface area contributed by atoms with E-state index in [1.165, 1.54) is 7.06 Å². The molecule has 0 unspecified atom stereocenters. The van der Waals surface area contributed by atoms with Gasteiger partial charge in [-0.25, -0.2) is 4.79 Å². The molecule has 3 aliphatic rings. The predicted molar refractivity (Wildman–Crippen MR) is 386 cm³/mol. The van der Waals surface area contributed by atoms with Crippen LogP contribution >= 0.6 is 0 Å². The summed E-state index contributed by atoms with van der Waals surface area (Å²) in [6.07, 6.45) is -18.2. The standard InChI is InChI=1S/C21H32BNO5.C12H17BO3.B37/c1-19(2,3)26-18(24)23-12-15(13-23)14-25-17-10-8-16(9-11-17)22-27-20(4,5)21(6,7)28-22;1-11(2)12(3,4)16-13(15-11)9-5-7-10(14)8-6-9;1-20-30(21(2)3)35(31(22(4)5)23(6)7)37(34(28(16)17)29(18)19)36(32(24(8)9)25(10)11)33(26(12)13)27(14)15/h8-11,15H,12-14H2,1-7H3;5-8,14H,1-4H3;. The fourth-order valence-corrected chi connectivity index (χ4v) is 10.6. The van der Waals surface area contributed by atoms with Crippen LogP contribution in [0.25, 0.3) is 0 Å². The smallest absolute Gasteiger partial charge is 0.494 e. The molecule has 0 atom stereocenters. The summed E-state index contributed by atoms with van der Waals surface area (Å²) in [4.78, 5) is 13.7. The Bertz CT molecular complexity index is 2120. The number of phenolic OH excluding ortho intramolecular Hbond substituents is 1. The number of amides is 1. The molecule has 2 aromatic carbocycles. The molecule has 351 valence electrons. The molecule has 9 nitrogen and oxygen atoms in total. The molecule has 48 heteroatoms. The minimum Gasteiger partial charge on any atom is -0.508 e. The summed E-state index contributed by atoms with van der Waals surface area (Å²) in [5.41, 5.74) is 0.0961. The molecule has 39 radical (unpaired) electrons. The zero-order valence-electron chi connectivity index (χ0n) is 49.6. The maximum absolute atomic E-state index is 12.0. The van der Waals surface area contributed by atoms with Gasteiger partial charge in [-0.1, -0.05) is 24.3 Å². The first-order valence-corrected chi connectivity index (χ1v) is 27.4. The molecular formula is C33H49B39NO8. The highest BCUT2D eigenvalue weighted by Gasteiger charge is 2.57. The SMILES string of the molecule is CC(C)(C)OC(=O)N1CC(COc2ccc(B3OC(C)(C)C(C)(C)O3)cc2)C1.CC1(C)OB(c2ccc(O)cc2)OC1(C)C.[B][B]B(B([B])[B])B(B(B([B])[B])B([B])[B])B(B(B([B])[B])B([B])[B])B(B(B([B])[B])B([B])[B])B(B([B])[B])B([B])[B]. The van der Waals surface area contributed by atoms with E-state index in [-0.39, 0.29) is 48.5 Å². The lowest BCUT2D eigenvalue weighted by atomic mass is 8.28. The second kappa shape index (κ2) is 31.2. The zero-order chi connectivity index (χ0) is 62.2. The third kappa shape index (κ3) is 20.4. The van der Waals surface area contributed by atoms with Crippen LogP contribution in [0.3, 0.4) is 0 Å². The molecule has 81 heavy (non-hydrogen) atoms. The van der Waals surface area contributed by atoms with E-state index in [0.717, 1.165) is 16.7 Å². The normalized spacial score (nSPS) is 16.2. The van der Waals surface area contributed by atoms with Gasteiger partial charge in [0, 0.05) is 282 Å². The van der Waals surface area contributed by atoms with Crippen molar-refractivity contribution in [3.8, 4) is 11.5 Å². The second-order valence-corrected chi connectivity index (χ2v) is 24.9. The minimum atomic E-state index is -1.17. The average molecular weight is 1010 g/mol. The Morgan fingerprint density at radius 1 is 0.531 bits per heavy atom. The summed E-state index contributed by atoms with van der Waals surface area (Å²) < 4.78 is 35.2. The van der Waals surface area contributed by atoms with Gasteiger partial charge in [0.1, 0.15) is 17.1 Å². The molecule has 3 fully saturated rings. The van der Waals surface area contributed by atoms with Crippen LogP contribution in [0.5, 0.6) is 11.5 Å². The summed E-state index contributed by atoms with van der Waals surface area (Å²) >= 11 is 0. The second-order valence-electron chi connectivity index (χ2n) is 24.9. The van der Waals surface area contributed by atoms with Crippen molar-refractivity contribution in [2.45, 2.75) is 104 Å². The number of ether oxygens (including phenoxy) is 2. The lowest BCUT2D eigenvalue weighted by Crippen LogP contribution is -2.91. The highest BCUT2D eigenvalue weighted by Crippen LogP contribution is 2.38. The zero-order valence-corrected chi connectivity index (χ0v) is 49.6. The summed E-state index contributed by atoms with van der Waals surface area (Å²) in [5, 5.41) is 9.22. The summed E-state index contributed by atoms with van der Waals surface area (Å²) in [7, 11) is 118. The summed E-state index contributed by atoms with van der Waals surface area (Å²) in [5.74, 6) is 1.38. The minimum absolute atomic E-state index is 0.250. The molecule has 0 spiro atoms. The van der Waals surface area contributed by atoms with Crippen LogP contribution in [0.4, 0.5) is 4.79 Å². The van der Waals surface area contributed by atoms with E-state index < -0.39 is 114 Å². The third-order valence-electron chi connectivity index (χ3n) is 16.3. The number of benzene rings is 2. The summed E-state index contributed by atoms with van der Waals surface area (Å²) in [6.45, 7) is 23.8. The van der Waals surface area contributed by atoms with Gasteiger partial charge >= 0.3 is 20.3 Å². The molecule has 0 saturated carbocycles. The predicted octanol–water partition coefficient (Wildman–Crippen LogP) is -9.17. The first kappa shape index (κ1) is 74.9. The maximum Gasteiger partial charge on any atom is 0.494 e. The van der Waals surface area contributed by atoms with Crippen molar-refractivity contribution in [1.82, 2.24) is 4.90 Å². The molecule has 2 aromatic rings. The van der Waals surface area contributed by atoms with Gasteiger partial charge in [-0.15, -0.1) is 0 Å². The van der Waals surface area contributed by atoms with Gasteiger partial charge < -0.3 is 38.1 Å². The van der Waals surface area contributed by atoms with Crippen molar-refractivity contribution in [2.24, 2.45) is 5.92 Å². The Kier molecular flexibility index (Phi) is 28.9. The average Bonchev–Trinajstić information content (AvgIpc) is 3.65. The van der Waals surface area contributed by atoms with Crippen molar-refractivity contribution in [1.29, 1.82) is 0 Å². The van der Waals surface area contributed by atoms with E-state index in [1.54, 1.807) is 17.0 Å². The number of phenols is 1. The first-order valence-electron chi connectivity index (χ1n) is 27.4. The van der Waals surface area contributed by atoms with Gasteiger partial charge in [-0.3, -0.25) is 0 Å². The molecule has 1 amide bonds. The highest BCUT2D eigenvalue weighted by molar-refractivity contribution is 8.31. The van der Waals surface area contributed by atoms with E-state index in [4.69, 9.17) is 175 Å². The van der Waals surface area contributed by atoms with Crippen molar-refractivity contribution >= 4 is 294 Å². The van der Waals surface area contributed by atoms with Crippen molar-refractivity contribution in [3.05, 3.63) is 48.5 Å². The molecular weight excluding hydrogens is 960 g/mol. The molecule has 0 aliphatic carbocycles. The van der Waals surface area contributed by atoms with Crippen LogP contribution in [0, 0.1) is 5.92 Å². The molecule has 3 aliphatic heterocycles. The van der Waals surface area contributed by atoms with E-state index in [1.807, 2.05) is 113 Å². The van der Waals surface area contributed by atoms with E-state index in [2.05, 4.69) is 0 Å². The Morgan fingerprint density at radius 3 is 1.11 bits per heavy atom. The van der Waals surface area contributed by atoms with E-state index in [0.29, 0.717) is 25.6 Å². The lowest BCUT2D eigenvalue weighted by molar-refractivity contribution is -0.00782. The van der Waals surface area contributed by atoms with Crippen LogP contribution in [0.1, 0.15) is 76.2 Å². The molecule has 0 aromatic heterocycles. The summed E-state index contributed by atoms with van der Waals surface area (Å²) in [6, 6.07) is 14.7. The monoisotopic (exact) mass is 1020 g/mol. The molecule has 0 bridgehead atoms. The van der Waals surface area contributed by atoms with E-state index in [9.17, 15) is 9.90 Å². The van der Waals surface area contributed by atoms with Crippen LogP contribution in [-0.4, -0.2) is 341 Å². The number of rotatable bonds is 22. The van der Waals surface area contributed by atoms with Crippen molar-refractivity contribution in [2.75, 3.05) is 19.7 Å². The Balaban J connectivity index is 0.000000341. The molecule has 1 N–H and O–H groups in total. The van der Waals surface area contributed by atoms with Crippen molar-refractivity contribution in [3.63, 3.8) is 0 Å². The highest BCUT2D eigenvalue weighted by atomic mass is 16.7. The van der Waals surface area contributed by atoms with Gasteiger partial charge in [0.05, 0.1) is 29.0 Å². The Labute approximate surface area is 523 Å². The molecule has 5 rings (SSSR count). The number of nitrogens with zero attached hydrogens (tertiary/aromatic N) is 1. The fraction of sp³-hybridized carbons (Fsp3) is 0.606. The van der Waals surface area contributed by atoms with Gasteiger partial charge in [0.25, 0.3) is 0 Å². The van der Waals surface area contributed by atoms with Crippen LogP contribution < -0.4 is 15.7 Å². The largest absolute Gasteiger partial charge is 0.508 e. The Morgan fingerprint density at radius 2 is 0.827 bits per heavy atom. The molecule has 3 saturated heterocycles. The van der Waals surface area contributed by atoms with Gasteiger partial charge in [-0.05, 0) is 111 Å². The quantitative estimate of drug-likeness (QED) is 0.117. The van der Waals surface area contributed by atoms with Crippen LogP contribution in [0.15, 0.2) is 48.5 Å². The van der Waals surface area contributed by atoms with Crippen LogP contribution in [-0.2, 0) is 23.4 Å². The van der Waals surface area contributed by atoms with E-state index >= 15 is 0 Å². The fourth-order valence-electron chi connectivity index (χ4n) is 10.6. The number of likely N-dealkylation sites (tertiary alicyclic amines) is 1. The number of hydrogen-bond donors (Lipinski definition) is 1. The van der Waals surface area contributed by atoms with Gasteiger partial charge in [0.15, 0.2) is 0 Å². The molecule has 3 heterocycles. The first-order chi connectivity index (χ1) is 37.0. The maximum atomic E-state index is 12.0.